The number of hydrogen-bond acceptors (Lipinski definition) is 6. The van der Waals surface area contributed by atoms with Crippen molar-refractivity contribution in [1.29, 1.82) is 0 Å². The van der Waals surface area contributed by atoms with Crippen LogP contribution in [0.3, 0.4) is 0 Å². The lowest BCUT2D eigenvalue weighted by Crippen LogP contribution is -2.02. The number of nitrogens with two attached hydrogens (primary N) is 1. The molecule has 2 fully saturated rings. The van der Waals surface area contributed by atoms with Gasteiger partial charge in [0.25, 0.3) is 0 Å². The topological polar surface area (TPSA) is 82.5 Å². The molecule has 104 valence electrons. The third-order valence-corrected chi connectivity index (χ3v) is 4.97. The Morgan fingerprint density at radius 2 is 2.00 bits per heavy atom. The lowest BCUT2D eigenvalue weighted by molar-refractivity contribution is 0.626. The average Bonchev–Trinajstić information content (AvgIpc) is 3.34. The molecule has 2 aliphatic carbocycles. The maximum absolute atomic E-state index is 6.14. The van der Waals surface area contributed by atoms with Crippen LogP contribution in [-0.4, -0.2) is 24.7 Å². The Morgan fingerprint density at radius 3 is 2.70 bits per heavy atom. The maximum atomic E-state index is 6.14. The van der Waals surface area contributed by atoms with Gasteiger partial charge in [0, 0.05) is 12.0 Å². The van der Waals surface area contributed by atoms with Crippen molar-refractivity contribution >= 4 is 29.2 Å². The van der Waals surface area contributed by atoms with Crippen molar-refractivity contribution in [3.63, 3.8) is 0 Å². The molecule has 0 aliphatic heterocycles. The highest BCUT2D eigenvalue weighted by atomic mass is 35.5. The van der Waals surface area contributed by atoms with Crippen molar-refractivity contribution in [3.8, 4) is 0 Å². The third kappa shape index (κ3) is 2.14. The standard InChI is InChI=1S/C12H13ClN6S/c13-8-9(14)15-5-16-11(8)20-12-18-17-10(6-1-2-6)19(12)7-3-4-7/h5-7H,1-4H2,(H2,14,15,16). The molecule has 0 unspecified atom stereocenters. The summed E-state index contributed by atoms with van der Waals surface area (Å²) >= 11 is 7.56. The summed E-state index contributed by atoms with van der Waals surface area (Å²) in [7, 11) is 0. The van der Waals surface area contributed by atoms with Gasteiger partial charge in [-0.2, -0.15) is 0 Å². The van der Waals surface area contributed by atoms with E-state index in [1.807, 2.05) is 0 Å². The number of anilines is 1. The first-order chi connectivity index (χ1) is 9.74. The van der Waals surface area contributed by atoms with Crippen LogP contribution in [0.4, 0.5) is 5.82 Å². The minimum atomic E-state index is 0.295. The second kappa shape index (κ2) is 4.60. The molecule has 0 radical (unpaired) electrons. The predicted octanol–water partition coefficient (Wildman–Crippen LogP) is 2.67. The van der Waals surface area contributed by atoms with Gasteiger partial charge >= 0.3 is 0 Å². The highest BCUT2D eigenvalue weighted by molar-refractivity contribution is 7.99. The Hall–Kier alpha value is -1.34. The van der Waals surface area contributed by atoms with Gasteiger partial charge in [-0.15, -0.1) is 10.2 Å². The lowest BCUT2D eigenvalue weighted by atomic mass is 10.4. The molecule has 0 atom stereocenters. The summed E-state index contributed by atoms with van der Waals surface area (Å²) in [6.45, 7) is 0. The highest BCUT2D eigenvalue weighted by Crippen LogP contribution is 2.47. The van der Waals surface area contributed by atoms with E-state index in [4.69, 9.17) is 17.3 Å². The van der Waals surface area contributed by atoms with Crippen molar-refractivity contribution in [2.45, 2.75) is 47.8 Å². The van der Waals surface area contributed by atoms with Gasteiger partial charge in [-0.05, 0) is 37.4 Å². The highest BCUT2D eigenvalue weighted by Gasteiger charge is 2.36. The van der Waals surface area contributed by atoms with Crippen LogP contribution in [0.2, 0.25) is 5.02 Å². The fraction of sp³-hybridized carbons (Fsp3) is 0.500. The van der Waals surface area contributed by atoms with E-state index in [0.29, 0.717) is 27.8 Å². The summed E-state index contributed by atoms with van der Waals surface area (Å²) in [5, 5.41) is 10.6. The fourth-order valence-electron chi connectivity index (χ4n) is 2.18. The number of nitrogen functional groups attached to an aromatic ring is 1. The maximum Gasteiger partial charge on any atom is 0.197 e. The van der Waals surface area contributed by atoms with Gasteiger partial charge < -0.3 is 10.3 Å². The van der Waals surface area contributed by atoms with E-state index < -0.39 is 0 Å². The van der Waals surface area contributed by atoms with Crippen molar-refractivity contribution in [2.24, 2.45) is 0 Å². The molecule has 2 saturated carbocycles. The molecule has 8 heteroatoms. The minimum Gasteiger partial charge on any atom is -0.382 e. The van der Waals surface area contributed by atoms with Crippen molar-refractivity contribution in [2.75, 3.05) is 5.73 Å². The molecular formula is C12H13ClN6S. The Balaban J connectivity index is 1.70. The van der Waals surface area contributed by atoms with Crippen LogP contribution < -0.4 is 5.73 Å². The quantitative estimate of drug-likeness (QED) is 0.874. The van der Waals surface area contributed by atoms with Crippen LogP contribution in [-0.2, 0) is 0 Å². The van der Waals surface area contributed by atoms with Gasteiger partial charge in [-0.3, -0.25) is 0 Å². The lowest BCUT2D eigenvalue weighted by Gasteiger charge is -2.08. The van der Waals surface area contributed by atoms with Crippen molar-refractivity contribution in [3.05, 3.63) is 17.2 Å². The summed E-state index contributed by atoms with van der Waals surface area (Å²) in [6.07, 6.45) is 6.26. The molecule has 2 N–H and O–H groups in total. The summed E-state index contributed by atoms with van der Waals surface area (Å²) in [6, 6.07) is 0.543. The number of hydrogen-bond donors (Lipinski definition) is 1. The molecule has 2 aliphatic rings. The van der Waals surface area contributed by atoms with Gasteiger partial charge in [0.1, 0.15) is 28.0 Å². The van der Waals surface area contributed by atoms with Crippen LogP contribution in [0.1, 0.15) is 43.5 Å². The Bertz CT molecular complexity index is 664. The van der Waals surface area contributed by atoms with Crippen LogP contribution in [0.5, 0.6) is 0 Å². The van der Waals surface area contributed by atoms with Gasteiger partial charge in [-0.1, -0.05) is 11.6 Å². The van der Waals surface area contributed by atoms with E-state index >= 15 is 0 Å². The minimum absolute atomic E-state index is 0.295. The van der Waals surface area contributed by atoms with Crippen LogP contribution in [0, 0.1) is 0 Å². The smallest absolute Gasteiger partial charge is 0.197 e. The van der Waals surface area contributed by atoms with Gasteiger partial charge in [0.2, 0.25) is 0 Å². The summed E-state index contributed by atoms with van der Waals surface area (Å²) < 4.78 is 2.26. The number of halogens is 1. The zero-order valence-electron chi connectivity index (χ0n) is 10.7. The molecule has 0 saturated heterocycles. The molecule has 0 aromatic carbocycles. The third-order valence-electron chi connectivity index (χ3n) is 3.52. The molecule has 4 rings (SSSR count). The summed E-state index contributed by atoms with van der Waals surface area (Å²) in [5.41, 5.74) is 5.71. The fourth-order valence-corrected chi connectivity index (χ4v) is 3.28. The van der Waals surface area contributed by atoms with Gasteiger partial charge in [0.05, 0.1) is 0 Å². The van der Waals surface area contributed by atoms with Crippen LogP contribution in [0.25, 0.3) is 0 Å². The van der Waals surface area contributed by atoms with Gasteiger partial charge in [0.15, 0.2) is 5.16 Å². The molecule has 6 nitrogen and oxygen atoms in total. The van der Waals surface area contributed by atoms with E-state index in [1.165, 1.54) is 43.8 Å². The van der Waals surface area contributed by atoms with Gasteiger partial charge in [-0.25, -0.2) is 9.97 Å². The molecule has 2 aromatic heterocycles. The summed E-state index contributed by atoms with van der Waals surface area (Å²) in [5.74, 6) is 2.00. The molecule has 20 heavy (non-hydrogen) atoms. The zero-order chi connectivity index (χ0) is 13.7. The first-order valence-electron chi connectivity index (χ1n) is 6.62. The number of rotatable bonds is 4. The zero-order valence-corrected chi connectivity index (χ0v) is 12.2. The van der Waals surface area contributed by atoms with Crippen molar-refractivity contribution < 1.29 is 0 Å². The van der Waals surface area contributed by atoms with E-state index in [0.717, 1.165) is 11.0 Å². The Kier molecular flexibility index (Phi) is 2.85. The van der Waals surface area contributed by atoms with E-state index in [2.05, 4.69) is 24.7 Å². The predicted molar refractivity (Wildman–Crippen MR) is 75.8 cm³/mol. The molecule has 0 amide bonds. The number of nitrogens with zero attached hydrogens (tertiary/aromatic N) is 5. The molecule has 2 aromatic rings. The van der Waals surface area contributed by atoms with Crippen LogP contribution in [0.15, 0.2) is 16.5 Å². The van der Waals surface area contributed by atoms with E-state index in [9.17, 15) is 0 Å². The SMILES string of the molecule is Nc1ncnc(Sc2nnc(C3CC3)n2C2CC2)c1Cl. The van der Waals surface area contributed by atoms with Crippen molar-refractivity contribution in [1.82, 2.24) is 24.7 Å². The molecule has 0 spiro atoms. The number of aromatic nitrogens is 5. The monoisotopic (exact) mass is 308 g/mol. The first-order valence-corrected chi connectivity index (χ1v) is 7.82. The van der Waals surface area contributed by atoms with E-state index in [-0.39, 0.29) is 0 Å². The average molecular weight is 309 g/mol. The first kappa shape index (κ1) is 12.4. The Morgan fingerprint density at radius 1 is 1.20 bits per heavy atom. The normalized spacial score (nSPS) is 18.4. The second-order valence-corrected chi connectivity index (χ2v) is 6.53. The molecular weight excluding hydrogens is 296 g/mol. The second-order valence-electron chi connectivity index (χ2n) is 5.20. The summed E-state index contributed by atoms with van der Waals surface area (Å²) in [4.78, 5) is 8.06. The Labute approximate surface area is 125 Å². The van der Waals surface area contributed by atoms with E-state index in [1.54, 1.807) is 0 Å². The largest absolute Gasteiger partial charge is 0.382 e. The molecule has 2 heterocycles. The molecule has 0 bridgehead atoms. The van der Waals surface area contributed by atoms with Crippen LogP contribution >= 0.6 is 23.4 Å².